The molecule has 0 spiro atoms. The van der Waals surface area contributed by atoms with Crippen LogP contribution in [0, 0.1) is 13.8 Å². The Labute approximate surface area is 230 Å². The molecule has 224 valence electrons. The fourth-order valence-electron chi connectivity index (χ4n) is 5.60. The van der Waals surface area contributed by atoms with Crippen molar-refractivity contribution < 1.29 is 42.9 Å². The van der Waals surface area contributed by atoms with Crippen molar-refractivity contribution in [2.45, 2.75) is 75.3 Å². The first kappa shape index (κ1) is 28.5. The normalized spacial score (nSPS) is 38.5. The van der Waals surface area contributed by atoms with Gasteiger partial charge in [0.05, 0.1) is 25.9 Å². The second-order valence-electron chi connectivity index (χ2n) is 10.6. The quantitative estimate of drug-likeness (QED) is 0.247. The summed E-state index contributed by atoms with van der Waals surface area (Å²) < 4.78 is 36.9. The highest BCUT2D eigenvalue weighted by atomic mass is 31.2. The van der Waals surface area contributed by atoms with Gasteiger partial charge in [-0.2, -0.15) is 13.6 Å². The largest absolute Gasteiger partial charge is 0.606 e. The number of ether oxygens (including phenoxy) is 3. The number of rotatable bonds is 6. The summed E-state index contributed by atoms with van der Waals surface area (Å²) in [6.07, 6.45) is -4.61. The minimum Gasteiger partial charge on any atom is -0.606 e. The SMILES string of the molecule is Cc1cn([C@@H]2O[C@@]3(CO)CO[C@@H]2[C@@H]3O[P+]2([O-])OCC[C@@H](C3O[C@@H](n4cc(C)c(=O)[nH]c4=O)C[C@@H]3O)O2)c(=O)[nH]c1=O. The molecule has 4 saturated heterocycles. The minimum absolute atomic E-state index is 0.00302. The monoisotopic (exact) mass is 600 g/mol. The molecule has 2 bridgehead atoms. The summed E-state index contributed by atoms with van der Waals surface area (Å²) in [4.78, 5) is 66.5. The van der Waals surface area contributed by atoms with Crippen molar-refractivity contribution in [3.63, 3.8) is 0 Å². The van der Waals surface area contributed by atoms with Gasteiger partial charge in [0.1, 0.15) is 24.5 Å². The number of aromatic nitrogens is 4. The van der Waals surface area contributed by atoms with E-state index in [0.717, 1.165) is 9.13 Å². The molecule has 2 unspecified atom stereocenters. The second kappa shape index (κ2) is 10.3. The number of nitrogens with one attached hydrogen (secondary N) is 2. The van der Waals surface area contributed by atoms with Gasteiger partial charge in [-0.25, -0.2) is 9.59 Å². The Morgan fingerprint density at radius 2 is 1.76 bits per heavy atom. The predicted octanol–water partition coefficient (Wildman–Crippen LogP) is -2.76. The summed E-state index contributed by atoms with van der Waals surface area (Å²) in [6.45, 7) is 2.16. The van der Waals surface area contributed by atoms with E-state index < -0.39 is 85.9 Å². The lowest BCUT2D eigenvalue weighted by atomic mass is 10.0. The molecule has 4 fully saturated rings. The maximum atomic E-state index is 13.7. The maximum absolute atomic E-state index is 13.7. The number of nitrogens with zero attached hydrogens (tertiary/aromatic N) is 2. The Bertz CT molecular complexity index is 1570. The van der Waals surface area contributed by atoms with Crippen LogP contribution in [-0.4, -0.2) is 85.3 Å². The Hall–Kier alpha value is -2.57. The summed E-state index contributed by atoms with van der Waals surface area (Å²) in [5.41, 5.74) is -3.61. The van der Waals surface area contributed by atoms with Crippen LogP contribution in [0.2, 0.25) is 0 Å². The van der Waals surface area contributed by atoms with Crippen LogP contribution in [0.1, 0.15) is 36.4 Å². The summed E-state index contributed by atoms with van der Waals surface area (Å²) in [7, 11) is -4.37. The average molecular weight is 600 g/mol. The van der Waals surface area contributed by atoms with E-state index in [1.54, 1.807) is 0 Å². The van der Waals surface area contributed by atoms with E-state index in [9.17, 15) is 34.3 Å². The lowest BCUT2D eigenvalue weighted by Gasteiger charge is -2.37. The minimum atomic E-state index is -4.37. The van der Waals surface area contributed by atoms with Gasteiger partial charge in [0.2, 0.25) is 0 Å². The smallest absolute Gasteiger partial charge is 0.380 e. The van der Waals surface area contributed by atoms with Crippen molar-refractivity contribution in [3.05, 3.63) is 65.2 Å². The Kier molecular flexibility index (Phi) is 7.17. The van der Waals surface area contributed by atoms with Crippen LogP contribution in [0.3, 0.4) is 0 Å². The summed E-state index contributed by atoms with van der Waals surface area (Å²) in [6, 6.07) is 0. The van der Waals surface area contributed by atoms with E-state index in [0.29, 0.717) is 0 Å². The first-order valence-corrected chi connectivity index (χ1v) is 14.4. The zero-order chi connectivity index (χ0) is 29.3. The molecule has 18 heteroatoms. The van der Waals surface area contributed by atoms with E-state index in [2.05, 4.69) is 9.97 Å². The summed E-state index contributed by atoms with van der Waals surface area (Å²) >= 11 is 0. The number of fused-ring (bicyclic) bond motifs is 2. The summed E-state index contributed by atoms with van der Waals surface area (Å²) in [5.74, 6) is 0. The number of phosphoric acid groups is 1. The third-order valence-electron chi connectivity index (χ3n) is 7.78. The van der Waals surface area contributed by atoms with Gasteiger partial charge < -0.3 is 29.3 Å². The van der Waals surface area contributed by atoms with Gasteiger partial charge in [0.15, 0.2) is 17.9 Å². The summed E-state index contributed by atoms with van der Waals surface area (Å²) in [5, 5.41) is 21.0. The van der Waals surface area contributed by atoms with Crippen LogP contribution in [0.15, 0.2) is 31.6 Å². The van der Waals surface area contributed by atoms with Crippen molar-refractivity contribution in [3.8, 4) is 0 Å². The lowest BCUT2D eigenvalue weighted by Crippen LogP contribution is -2.48. The highest BCUT2D eigenvalue weighted by Crippen LogP contribution is 2.63. The van der Waals surface area contributed by atoms with Gasteiger partial charge in [-0.1, -0.05) is 0 Å². The zero-order valence-electron chi connectivity index (χ0n) is 22.0. The van der Waals surface area contributed by atoms with Gasteiger partial charge in [0.25, 0.3) is 11.1 Å². The molecule has 0 amide bonds. The van der Waals surface area contributed by atoms with Crippen LogP contribution >= 0.6 is 8.17 Å². The molecule has 4 N–H and O–H groups in total. The molecule has 0 aliphatic carbocycles. The van der Waals surface area contributed by atoms with Crippen LogP contribution in [0.4, 0.5) is 0 Å². The Balaban J connectivity index is 1.20. The van der Waals surface area contributed by atoms with Crippen molar-refractivity contribution in [1.29, 1.82) is 0 Å². The van der Waals surface area contributed by atoms with Crippen molar-refractivity contribution >= 4 is 8.17 Å². The predicted molar refractivity (Wildman–Crippen MR) is 134 cm³/mol. The molecule has 4 aliphatic heterocycles. The molecule has 41 heavy (non-hydrogen) atoms. The highest BCUT2D eigenvalue weighted by Gasteiger charge is 2.67. The van der Waals surface area contributed by atoms with Gasteiger partial charge in [-0.3, -0.25) is 28.7 Å². The molecule has 6 heterocycles. The number of aryl methyl sites for hydroxylation is 2. The van der Waals surface area contributed by atoms with Crippen LogP contribution in [-0.2, 0) is 27.8 Å². The first-order chi connectivity index (χ1) is 19.4. The lowest BCUT2D eigenvalue weighted by molar-refractivity contribution is -0.275. The molecule has 4 aliphatic rings. The number of H-pyrrole nitrogens is 2. The van der Waals surface area contributed by atoms with Gasteiger partial charge in [0, 0.05) is 36.4 Å². The molecule has 0 saturated carbocycles. The molecule has 2 aromatic heterocycles. The Morgan fingerprint density at radius 3 is 2.44 bits per heavy atom. The molecular formula is C23H29N4O13P. The standard InChI is InChI=1S/C23H29N4O13P/c1-10-6-26(21(32)24-18(10)30)14-5-12(29)15(37-14)13-3-4-36-41(34,39-13)40-17-16-20(38-23(17,8-28)9-35-16)27-7-11(2)19(31)25-22(27)33/h6-7,12-17,20,28-29H,3-5,8-9H2,1-2H3,(H,24,30,32)(H,25,31,33)/t12-,13-,14+,15?,16+,17-,20+,23-,41?/m0/s1. The van der Waals surface area contributed by atoms with E-state index in [1.807, 2.05) is 0 Å². The highest BCUT2D eigenvalue weighted by molar-refractivity contribution is 7.54. The molecule has 0 radical (unpaired) electrons. The molecule has 6 rings (SSSR count). The number of aromatic amines is 2. The molecular weight excluding hydrogens is 571 g/mol. The van der Waals surface area contributed by atoms with Gasteiger partial charge in [-0.05, 0) is 13.8 Å². The second-order valence-corrected chi connectivity index (χ2v) is 12.1. The van der Waals surface area contributed by atoms with Crippen molar-refractivity contribution in [1.82, 2.24) is 19.1 Å². The number of hydrogen-bond acceptors (Lipinski definition) is 13. The van der Waals surface area contributed by atoms with E-state index >= 15 is 0 Å². The number of aliphatic hydroxyl groups is 2. The van der Waals surface area contributed by atoms with Crippen LogP contribution < -0.4 is 27.4 Å². The fourth-order valence-corrected chi connectivity index (χ4v) is 7.24. The van der Waals surface area contributed by atoms with Crippen LogP contribution in [0.25, 0.3) is 0 Å². The molecule has 17 nitrogen and oxygen atoms in total. The van der Waals surface area contributed by atoms with Crippen molar-refractivity contribution in [2.24, 2.45) is 0 Å². The van der Waals surface area contributed by atoms with Crippen molar-refractivity contribution in [2.75, 3.05) is 19.8 Å². The molecule has 2 aromatic rings. The van der Waals surface area contributed by atoms with Crippen LogP contribution in [0.5, 0.6) is 0 Å². The van der Waals surface area contributed by atoms with E-state index in [-0.39, 0.29) is 37.2 Å². The third-order valence-corrected chi connectivity index (χ3v) is 9.29. The molecule has 9 atom stereocenters. The third kappa shape index (κ3) is 4.85. The first-order valence-electron chi connectivity index (χ1n) is 12.9. The molecule has 0 aromatic carbocycles. The van der Waals surface area contributed by atoms with E-state index in [1.165, 1.54) is 26.2 Å². The van der Waals surface area contributed by atoms with Gasteiger partial charge in [-0.15, -0.1) is 0 Å². The number of phosphoric ester groups is 1. The maximum Gasteiger partial charge on any atom is 0.380 e. The number of aliphatic hydroxyl groups excluding tert-OH is 2. The topological polar surface area (TPSA) is 229 Å². The van der Waals surface area contributed by atoms with E-state index in [4.69, 9.17) is 27.8 Å². The number of hydrogen-bond donors (Lipinski definition) is 4. The Morgan fingerprint density at radius 1 is 1.10 bits per heavy atom. The average Bonchev–Trinajstić information content (AvgIpc) is 3.57. The van der Waals surface area contributed by atoms with Gasteiger partial charge >= 0.3 is 19.5 Å². The fraction of sp³-hybridized carbons (Fsp3) is 0.652. The zero-order valence-corrected chi connectivity index (χ0v) is 22.9.